The lowest BCUT2D eigenvalue weighted by Crippen LogP contribution is -3.08. The Bertz CT molecular complexity index is 752. The Morgan fingerprint density at radius 2 is 1.68 bits per heavy atom. The van der Waals surface area contributed by atoms with E-state index >= 15 is 0 Å². The fraction of sp³-hybridized carbons (Fsp3) is 0.350. The molecule has 0 aromatic heterocycles. The van der Waals surface area contributed by atoms with E-state index in [1.54, 1.807) is 23.1 Å². The molecule has 2 aliphatic rings. The molecule has 1 fully saturated rings. The molecule has 0 spiro atoms. The zero-order valence-electron chi connectivity index (χ0n) is 14.2. The third-order valence-corrected chi connectivity index (χ3v) is 4.88. The van der Waals surface area contributed by atoms with Crippen LogP contribution in [0.5, 0.6) is 11.5 Å². The number of amides is 1. The standard InChI is InChI=1S/C20H22N2O3/c23-20(17-7-8-18-19(11-17)25-14-24-18)21-12-15-3-5-16(6-4-15)13-22-9-1-2-10-22/h3-8,11H,1-2,9-10,12-14H2,(H,21,23)/p+1. The van der Waals surface area contributed by atoms with Crippen molar-refractivity contribution in [1.29, 1.82) is 0 Å². The number of quaternary nitrogens is 1. The molecule has 2 heterocycles. The van der Waals surface area contributed by atoms with Crippen LogP contribution in [0.2, 0.25) is 0 Å². The Hall–Kier alpha value is -2.53. The highest BCUT2D eigenvalue weighted by Crippen LogP contribution is 2.32. The van der Waals surface area contributed by atoms with Crippen LogP contribution in [0.3, 0.4) is 0 Å². The van der Waals surface area contributed by atoms with E-state index in [0.717, 1.165) is 12.1 Å². The number of carbonyl (C=O) groups is 1. The summed E-state index contributed by atoms with van der Waals surface area (Å²) in [5, 5.41) is 2.96. The predicted molar refractivity (Wildman–Crippen MR) is 93.8 cm³/mol. The van der Waals surface area contributed by atoms with E-state index in [9.17, 15) is 4.79 Å². The van der Waals surface area contributed by atoms with Gasteiger partial charge in [0.1, 0.15) is 6.54 Å². The normalized spacial score (nSPS) is 16.2. The molecule has 2 aromatic carbocycles. The van der Waals surface area contributed by atoms with Crippen LogP contribution in [-0.4, -0.2) is 25.8 Å². The molecule has 130 valence electrons. The summed E-state index contributed by atoms with van der Waals surface area (Å²) in [6.07, 6.45) is 2.69. The van der Waals surface area contributed by atoms with E-state index < -0.39 is 0 Å². The molecule has 0 unspecified atom stereocenters. The highest BCUT2D eigenvalue weighted by Gasteiger charge is 2.17. The summed E-state index contributed by atoms with van der Waals surface area (Å²) in [5.74, 6) is 1.21. The van der Waals surface area contributed by atoms with Crippen LogP contribution >= 0.6 is 0 Å². The first kappa shape index (κ1) is 16.0. The fourth-order valence-corrected chi connectivity index (χ4v) is 3.44. The molecule has 1 amide bonds. The summed E-state index contributed by atoms with van der Waals surface area (Å²) in [4.78, 5) is 14.0. The predicted octanol–water partition coefficient (Wildman–Crippen LogP) is 1.52. The van der Waals surface area contributed by atoms with Crippen LogP contribution in [0.15, 0.2) is 42.5 Å². The summed E-state index contributed by atoms with van der Waals surface area (Å²) in [6.45, 7) is 4.40. The van der Waals surface area contributed by atoms with Crippen molar-refractivity contribution in [1.82, 2.24) is 5.32 Å². The van der Waals surface area contributed by atoms with E-state index in [1.807, 2.05) is 0 Å². The van der Waals surface area contributed by atoms with Crippen LogP contribution in [-0.2, 0) is 13.1 Å². The largest absolute Gasteiger partial charge is 0.454 e. The monoisotopic (exact) mass is 339 g/mol. The summed E-state index contributed by atoms with van der Waals surface area (Å²) < 4.78 is 10.6. The average Bonchev–Trinajstić information content (AvgIpc) is 3.31. The number of likely N-dealkylation sites (tertiary alicyclic amines) is 1. The minimum absolute atomic E-state index is 0.108. The second-order valence-electron chi connectivity index (χ2n) is 6.70. The van der Waals surface area contributed by atoms with Gasteiger partial charge in [0.15, 0.2) is 11.5 Å². The molecule has 2 N–H and O–H groups in total. The van der Waals surface area contributed by atoms with E-state index in [4.69, 9.17) is 9.47 Å². The van der Waals surface area contributed by atoms with Gasteiger partial charge < -0.3 is 19.7 Å². The second kappa shape index (κ2) is 7.15. The first-order chi connectivity index (χ1) is 12.3. The van der Waals surface area contributed by atoms with Crippen molar-refractivity contribution < 1.29 is 19.2 Å². The number of nitrogens with one attached hydrogen (secondary N) is 2. The van der Waals surface area contributed by atoms with Gasteiger partial charge in [-0.05, 0) is 23.8 Å². The fourth-order valence-electron chi connectivity index (χ4n) is 3.44. The summed E-state index contributed by atoms with van der Waals surface area (Å²) in [5.41, 5.74) is 3.05. The van der Waals surface area contributed by atoms with E-state index in [1.165, 1.54) is 31.5 Å². The minimum Gasteiger partial charge on any atom is -0.454 e. The number of hydrogen-bond acceptors (Lipinski definition) is 3. The number of benzene rings is 2. The van der Waals surface area contributed by atoms with Crippen LogP contribution in [0, 0.1) is 0 Å². The van der Waals surface area contributed by atoms with Gasteiger partial charge in [-0.2, -0.15) is 0 Å². The molecule has 2 aliphatic heterocycles. The maximum Gasteiger partial charge on any atom is 0.251 e. The maximum atomic E-state index is 12.3. The first-order valence-electron chi connectivity index (χ1n) is 8.87. The molecule has 25 heavy (non-hydrogen) atoms. The Morgan fingerprint density at radius 3 is 2.48 bits per heavy atom. The molecular formula is C20H23N2O3+. The smallest absolute Gasteiger partial charge is 0.251 e. The van der Waals surface area contributed by atoms with E-state index in [2.05, 4.69) is 29.6 Å². The molecule has 1 saturated heterocycles. The van der Waals surface area contributed by atoms with Crippen molar-refractivity contribution in [3.63, 3.8) is 0 Å². The SMILES string of the molecule is O=C(NCc1ccc(C[NH+]2CCCC2)cc1)c1ccc2c(c1)OCO2. The Balaban J connectivity index is 1.32. The van der Waals surface area contributed by atoms with Crippen LogP contribution in [0.25, 0.3) is 0 Å². The van der Waals surface area contributed by atoms with Gasteiger partial charge in [-0.15, -0.1) is 0 Å². The van der Waals surface area contributed by atoms with Crippen LogP contribution < -0.4 is 19.7 Å². The minimum atomic E-state index is -0.108. The van der Waals surface area contributed by atoms with Gasteiger partial charge in [0.25, 0.3) is 5.91 Å². The zero-order chi connectivity index (χ0) is 17.1. The quantitative estimate of drug-likeness (QED) is 0.869. The molecular weight excluding hydrogens is 316 g/mol. The highest BCUT2D eigenvalue weighted by atomic mass is 16.7. The summed E-state index contributed by atoms with van der Waals surface area (Å²) in [7, 11) is 0. The van der Waals surface area contributed by atoms with Crippen LogP contribution in [0.4, 0.5) is 0 Å². The van der Waals surface area contributed by atoms with Crippen molar-refractivity contribution >= 4 is 5.91 Å². The van der Waals surface area contributed by atoms with Crippen molar-refractivity contribution in [2.24, 2.45) is 0 Å². The Labute approximate surface area is 147 Å². The lowest BCUT2D eigenvalue weighted by molar-refractivity contribution is -0.901. The molecule has 5 heteroatoms. The van der Waals surface area contributed by atoms with E-state index in [-0.39, 0.29) is 12.7 Å². The van der Waals surface area contributed by atoms with Crippen molar-refractivity contribution in [2.45, 2.75) is 25.9 Å². The van der Waals surface area contributed by atoms with Gasteiger partial charge in [0.05, 0.1) is 13.1 Å². The third-order valence-electron chi connectivity index (χ3n) is 4.88. The van der Waals surface area contributed by atoms with E-state index in [0.29, 0.717) is 23.6 Å². The number of carbonyl (C=O) groups excluding carboxylic acids is 1. The molecule has 0 atom stereocenters. The third kappa shape index (κ3) is 3.77. The summed E-state index contributed by atoms with van der Waals surface area (Å²) in [6, 6.07) is 13.8. The van der Waals surface area contributed by atoms with Gasteiger partial charge >= 0.3 is 0 Å². The lowest BCUT2D eigenvalue weighted by Gasteiger charge is -2.12. The van der Waals surface area contributed by atoms with Gasteiger partial charge in [-0.25, -0.2) is 0 Å². The van der Waals surface area contributed by atoms with Gasteiger partial charge in [0, 0.05) is 30.5 Å². The number of rotatable bonds is 5. The molecule has 4 rings (SSSR count). The molecule has 5 nitrogen and oxygen atoms in total. The number of fused-ring (bicyclic) bond motifs is 1. The molecule has 0 bridgehead atoms. The van der Waals surface area contributed by atoms with Gasteiger partial charge in [-0.3, -0.25) is 4.79 Å². The maximum absolute atomic E-state index is 12.3. The molecule has 0 saturated carbocycles. The number of ether oxygens (including phenoxy) is 2. The second-order valence-corrected chi connectivity index (χ2v) is 6.70. The van der Waals surface area contributed by atoms with Crippen molar-refractivity contribution in [3.05, 3.63) is 59.2 Å². The summed E-state index contributed by atoms with van der Waals surface area (Å²) >= 11 is 0. The zero-order valence-corrected chi connectivity index (χ0v) is 14.2. The molecule has 2 aromatic rings. The van der Waals surface area contributed by atoms with Gasteiger partial charge in [0.2, 0.25) is 6.79 Å². The average molecular weight is 339 g/mol. The van der Waals surface area contributed by atoms with Crippen LogP contribution in [0.1, 0.15) is 34.3 Å². The van der Waals surface area contributed by atoms with Crippen molar-refractivity contribution in [3.8, 4) is 11.5 Å². The Kier molecular flexibility index (Phi) is 4.57. The molecule has 0 radical (unpaired) electrons. The highest BCUT2D eigenvalue weighted by molar-refractivity contribution is 5.94. The first-order valence-corrected chi connectivity index (χ1v) is 8.87. The lowest BCUT2D eigenvalue weighted by atomic mass is 10.1. The topological polar surface area (TPSA) is 52.0 Å². The van der Waals surface area contributed by atoms with Gasteiger partial charge in [-0.1, -0.05) is 24.3 Å². The Morgan fingerprint density at radius 1 is 0.960 bits per heavy atom. The molecule has 0 aliphatic carbocycles. The number of hydrogen-bond donors (Lipinski definition) is 2. The van der Waals surface area contributed by atoms with Crippen molar-refractivity contribution in [2.75, 3.05) is 19.9 Å².